The number of rotatable bonds is 5. The van der Waals surface area contributed by atoms with Gasteiger partial charge in [0.1, 0.15) is 15.4 Å². The lowest BCUT2D eigenvalue weighted by Gasteiger charge is -2.10. The quantitative estimate of drug-likeness (QED) is 0.791. The van der Waals surface area contributed by atoms with Gasteiger partial charge >= 0.3 is 5.97 Å². The van der Waals surface area contributed by atoms with E-state index in [1.165, 1.54) is 0 Å². The second kappa shape index (κ2) is 5.30. The predicted molar refractivity (Wildman–Crippen MR) is 66.7 cm³/mol. The Kier molecular flexibility index (Phi) is 4.23. The molecule has 18 heavy (non-hydrogen) atoms. The predicted octanol–water partition coefficient (Wildman–Crippen LogP) is 0.248. The standard InChI is InChI=1S/C10H15N3O4S/c1-6-7(2)12-13-9(8(6)10(14)15)11-4-5-18(3,16)17/h4-5H2,1-3H3,(H,11,13)(H,14,15). The van der Waals surface area contributed by atoms with E-state index in [-0.39, 0.29) is 23.7 Å². The molecule has 1 heterocycles. The van der Waals surface area contributed by atoms with Crippen LogP contribution in [0.4, 0.5) is 5.82 Å². The van der Waals surface area contributed by atoms with Gasteiger partial charge < -0.3 is 10.4 Å². The van der Waals surface area contributed by atoms with E-state index >= 15 is 0 Å². The number of carboxylic acid groups (broad SMARTS) is 1. The lowest BCUT2D eigenvalue weighted by atomic mass is 10.1. The molecule has 7 nitrogen and oxygen atoms in total. The van der Waals surface area contributed by atoms with E-state index in [1.54, 1.807) is 13.8 Å². The molecule has 0 aliphatic heterocycles. The minimum atomic E-state index is -3.10. The molecule has 100 valence electrons. The first-order chi connectivity index (χ1) is 8.22. The van der Waals surface area contributed by atoms with Crippen LogP contribution < -0.4 is 5.32 Å². The molecule has 0 bridgehead atoms. The number of aryl methyl sites for hydroxylation is 1. The van der Waals surface area contributed by atoms with Crippen molar-refractivity contribution in [3.8, 4) is 0 Å². The largest absolute Gasteiger partial charge is 0.478 e. The van der Waals surface area contributed by atoms with Crippen molar-refractivity contribution in [3.63, 3.8) is 0 Å². The average molecular weight is 273 g/mol. The third kappa shape index (κ3) is 3.66. The highest BCUT2D eigenvalue weighted by molar-refractivity contribution is 7.90. The van der Waals surface area contributed by atoms with Crippen molar-refractivity contribution in [1.82, 2.24) is 10.2 Å². The molecule has 0 saturated heterocycles. The molecule has 0 aromatic carbocycles. The molecule has 0 radical (unpaired) electrons. The van der Waals surface area contributed by atoms with E-state index in [9.17, 15) is 13.2 Å². The lowest BCUT2D eigenvalue weighted by molar-refractivity contribution is 0.0696. The molecule has 0 aliphatic rings. The van der Waals surface area contributed by atoms with Crippen molar-refractivity contribution < 1.29 is 18.3 Å². The zero-order valence-corrected chi connectivity index (χ0v) is 11.2. The SMILES string of the molecule is Cc1nnc(NCCS(C)(=O)=O)c(C(=O)O)c1C. The Balaban J connectivity index is 2.96. The molecule has 0 unspecified atom stereocenters. The maximum absolute atomic E-state index is 11.1. The van der Waals surface area contributed by atoms with Crippen molar-refractivity contribution in [2.75, 3.05) is 23.9 Å². The van der Waals surface area contributed by atoms with Crippen molar-refractivity contribution in [2.45, 2.75) is 13.8 Å². The number of anilines is 1. The Hall–Kier alpha value is -1.70. The molecular formula is C10H15N3O4S. The summed E-state index contributed by atoms with van der Waals surface area (Å²) in [7, 11) is -3.10. The van der Waals surface area contributed by atoms with E-state index in [4.69, 9.17) is 5.11 Å². The van der Waals surface area contributed by atoms with Crippen LogP contribution in [0.2, 0.25) is 0 Å². The zero-order chi connectivity index (χ0) is 13.9. The fraction of sp³-hybridized carbons (Fsp3) is 0.500. The van der Waals surface area contributed by atoms with Crippen LogP contribution in [0.3, 0.4) is 0 Å². The number of aromatic carboxylic acids is 1. The number of hydrogen-bond donors (Lipinski definition) is 2. The van der Waals surface area contributed by atoms with Gasteiger partial charge in [0.25, 0.3) is 0 Å². The molecule has 0 saturated carbocycles. The van der Waals surface area contributed by atoms with Crippen LogP contribution in [0.25, 0.3) is 0 Å². The van der Waals surface area contributed by atoms with Crippen LogP contribution in [0.1, 0.15) is 21.6 Å². The summed E-state index contributed by atoms with van der Waals surface area (Å²) in [5, 5.41) is 19.3. The first-order valence-electron chi connectivity index (χ1n) is 5.21. The number of hydrogen-bond acceptors (Lipinski definition) is 6. The van der Waals surface area contributed by atoms with Gasteiger partial charge in [-0.15, -0.1) is 5.10 Å². The summed E-state index contributed by atoms with van der Waals surface area (Å²) in [5.74, 6) is -1.12. The summed E-state index contributed by atoms with van der Waals surface area (Å²) in [4.78, 5) is 11.1. The van der Waals surface area contributed by atoms with Gasteiger partial charge in [0, 0.05) is 12.8 Å². The van der Waals surface area contributed by atoms with E-state index in [2.05, 4.69) is 15.5 Å². The number of nitrogens with zero attached hydrogens (tertiary/aromatic N) is 2. The Morgan fingerprint density at radius 1 is 1.33 bits per heavy atom. The molecule has 0 atom stereocenters. The van der Waals surface area contributed by atoms with Gasteiger partial charge in [0.05, 0.1) is 11.4 Å². The molecule has 0 aliphatic carbocycles. The van der Waals surface area contributed by atoms with Crippen LogP contribution in [0.15, 0.2) is 0 Å². The minimum absolute atomic E-state index is 0.0241. The van der Waals surface area contributed by atoms with Gasteiger partial charge in [-0.2, -0.15) is 5.10 Å². The van der Waals surface area contributed by atoms with Gasteiger partial charge in [-0.05, 0) is 19.4 Å². The number of carbonyl (C=O) groups is 1. The van der Waals surface area contributed by atoms with Crippen LogP contribution in [-0.4, -0.2) is 48.2 Å². The van der Waals surface area contributed by atoms with Crippen LogP contribution in [0, 0.1) is 13.8 Å². The summed E-state index contributed by atoms with van der Waals surface area (Å²) < 4.78 is 21.9. The van der Waals surface area contributed by atoms with Crippen molar-refractivity contribution in [1.29, 1.82) is 0 Å². The summed E-state index contributed by atoms with van der Waals surface area (Å²) in [6.07, 6.45) is 1.11. The van der Waals surface area contributed by atoms with Crippen LogP contribution in [-0.2, 0) is 9.84 Å². The summed E-state index contributed by atoms with van der Waals surface area (Å²) >= 11 is 0. The Morgan fingerprint density at radius 2 is 1.94 bits per heavy atom. The molecule has 1 aromatic rings. The molecule has 2 N–H and O–H groups in total. The topological polar surface area (TPSA) is 109 Å². The second-order valence-corrected chi connectivity index (χ2v) is 6.26. The minimum Gasteiger partial charge on any atom is -0.478 e. The first kappa shape index (κ1) is 14.4. The number of nitrogens with one attached hydrogen (secondary N) is 1. The molecule has 0 amide bonds. The third-order valence-corrected chi connectivity index (χ3v) is 3.38. The van der Waals surface area contributed by atoms with E-state index < -0.39 is 15.8 Å². The third-order valence-electron chi connectivity index (χ3n) is 2.43. The molecular weight excluding hydrogens is 258 g/mol. The van der Waals surface area contributed by atoms with E-state index in [0.29, 0.717) is 11.3 Å². The Bertz CT molecular complexity index is 569. The van der Waals surface area contributed by atoms with Gasteiger partial charge in [0.2, 0.25) is 0 Å². The number of sulfone groups is 1. The molecule has 0 spiro atoms. The fourth-order valence-electron chi connectivity index (χ4n) is 1.35. The van der Waals surface area contributed by atoms with Crippen molar-refractivity contribution in [3.05, 3.63) is 16.8 Å². The highest BCUT2D eigenvalue weighted by Gasteiger charge is 2.17. The first-order valence-corrected chi connectivity index (χ1v) is 7.27. The molecule has 1 aromatic heterocycles. The highest BCUT2D eigenvalue weighted by Crippen LogP contribution is 2.17. The smallest absolute Gasteiger partial charge is 0.339 e. The zero-order valence-electron chi connectivity index (χ0n) is 10.4. The average Bonchev–Trinajstić information content (AvgIpc) is 2.21. The van der Waals surface area contributed by atoms with Crippen LogP contribution in [0.5, 0.6) is 0 Å². The highest BCUT2D eigenvalue weighted by atomic mass is 32.2. The Labute approximate surface area is 105 Å². The fourth-order valence-corrected chi connectivity index (χ4v) is 1.82. The lowest BCUT2D eigenvalue weighted by Crippen LogP contribution is -2.18. The van der Waals surface area contributed by atoms with Crippen LogP contribution >= 0.6 is 0 Å². The molecule has 0 fully saturated rings. The van der Waals surface area contributed by atoms with E-state index in [0.717, 1.165) is 6.26 Å². The second-order valence-electron chi connectivity index (χ2n) is 4.00. The normalized spacial score (nSPS) is 11.3. The summed E-state index contributed by atoms with van der Waals surface area (Å²) in [6, 6.07) is 0. The monoisotopic (exact) mass is 273 g/mol. The summed E-state index contributed by atoms with van der Waals surface area (Å²) in [5.41, 5.74) is 1.07. The number of carboxylic acids is 1. The number of aromatic nitrogens is 2. The molecule has 8 heteroatoms. The van der Waals surface area contributed by atoms with Gasteiger partial charge in [-0.25, -0.2) is 13.2 Å². The maximum atomic E-state index is 11.1. The maximum Gasteiger partial charge on any atom is 0.339 e. The van der Waals surface area contributed by atoms with Gasteiger partial charge in [0.15, 0.2) is 5.82 Å². The summed E-state index contributed by atoms with van der Waals surface area (Å²) in [6.45, 7) is 3.39. The van der Waals surface area contributed by atoms with Gasteiger partial charge in [-0.1, -0.05) is 0 Å². The van der Waals surface area contributed by atoms with Gasteiger partial charge in [-0.3, -0.25) is 0 Å². The van der Waals surface area contributed by atoms with E-state index in [1.807, 2.05) is 0 Å². The Morgan fingerprint density at radius 3 is 2.44 bits per heavy atom. The van der Waals surface area contributed by atoms with Crippen molar-refractivity contribution >= 4 is 21.6 Å². The van der Waals surface area contributed by atoms with Crippen molar-refractivity contribution in [2.24, 2.45) is 0 Å². The molecule has 1 rings (SSSR count).